The van der Waals surface area contributed by atoms with E-state index < -0.39 is 0 Å². The Labute approximate surface area is 169 Å². The van der Waals surface area contributed by atoms with Crippen molar-refractivity contribution in [2.45, 2.75) is 31.5 Å². The quantitative estimate of drug-likeness (QED) is 0.519. The number of nitro groups is 1. The molecular formula is C20H25N5O2S. The Kier molecular flexibility index (Phi) is 6.53. The first-order valence-electron chi connectivity index (χ1n) is 9.23. The molecule has 0 fully saturated rings. The summed E-state index contributed by atoms with van der Waals surface area (Å²) >= 11 is 1.54. The zero-order valence-electron chi connectivity index (χ0n) is 16.3. The van der Waals surface area contributed by atoms with Gasteiger partial charge in [0.25, 0.3) is 5.69 Å². The van der Waals surface area contributed by atoms with Crippen LogP contribution in [-0.2, 0) is 6.54 Å². The number of pyridine rings is 1. The Hall–Kier alpha value is -2.58. The van der Waals surface area contributed by atoms with Gasteiger partial charge in [-0.1, -0.05) is 37.7 Å². The molecule has 0 saturated carbocycles. The topological polar surface area (TPSA) is 83.3 Å². The van der Waals surface area contributed by atoms with Crippen LogP contribution in [0.25, 0.3) is 0 Å². The normalized spacial score (nSPS) is 16.6. The van der Waals surface area contributed by atoms with Crippen LogP contribution in [-0.4, -0.2) is 34.6 Å². The van der Waals surface area contributed by atoms with E-state index in [4.69, 9.17) is 0 Å². The van der Waals surface area contributed by atoms with Crippen LogP contribution in [0.2, 0.25) is 0 Å². The third kappa shape index (κ3) is 4.63. The lowest BCUT2D eigenvalue weighted by Gasteiger charge is -2.30. The fourth-order valence-corrected chi connectivity index (χ4v) is 4.49. The van der Waals surface area contributed by atoms with Gasteiger partial charge in [0.05, 0.1) is 22.2 Å². The van der Waals surface area contributed by atoms with Gasteiger partial charge in [-0.3, -0.25) is 15.1 Å². The number of hydrogen-bond acceptors (Lipinski definition) is 7. The number of nitro benzene ring substituents is 1. The molecule has 3 rings (SSSR count). The molecule has 7 nitrogen and oxygen atoms in total. The maximum absolute atomic E-state index is 11.1. The minimum atomic E-state index is -0.360. The largest absolute Gasteiger partial charge is 0.357 e. The number of benzene rings is 1. The molecule has 28 heavy (non-hydrogen) atoms. The van der Waals surface area contributed by atoms with Crippen molar-refractivity contribution in [3.05, 3.63) is 75.2 Å². The molecule has 0 bridgehead atoms. The lowest BCUT2D eigenvalue weighted by molar-refractivity contribution is -0.385. The van der Waals surface area contributed by atoms with Gasteiger partial charge in [-0.15, -0.1) is 0 Å². The van der Waals surface area contributed by atoms with E-state index in [2.05, 4.69) is 34.4 Å². The van der Waals surface area contributed by atoms with E-state index in [1.165, 1.54) is 23.5 Å². The number of rotatable bonds is 8. The van der Waals surface area contributed by atoms with Gasteiger partial charge in [-0.05, 0) is 31.2 Å². The summed E-state index contributed by atoms with van der Waals surface area (Å²) in [6, 6.07) is 12.7. The molecule has 1 aliphatic heterocycles. The van der Waals surface area contributed by atoms with Gasteiger partial charge < -0.3 is 15.5 Å². The monoisotopic (exact) mass is 399 g/mol. The van der Waals surface area contributed by atoms with E-state index >= 15 is 0 Å². The molecular weight excluding hydrogens is 374 g/mol. The molecule has 2 heterocycles. The summed E-state index contributed by atoms with van der Waals surface area (Å²) in [4.78, 5) is 18.4. The van der Waals surface area contributed by atoms with Crippen LogP contribution in [0.15, 0.2) is 64.3 Å². The van der Waals surface area contributed by atoms with Gasteiger partial charge in [0.2, 0.25) is 0 Å². The lowest BCUT2D eigenvalue weighted by Crippen LogP contribution is -2.44. The van der Waals surface area contributed by atoms with Crippen LogP contribution in [0.3, 0.4) is 0 Å². The molecule has 2 N–H and O–H groups in total. The third-order valence-corrected chi connectivity index (χ3v) is 5.49. The Morgan fingerprint density at radius 1 is 1.32 bits per heavy atom. The van der Waals surface area contributed by atoms with Crippen LogP contribution < -0.4 is 10.6 Å². The average molecular weight is 400 g/mol. The van der Waals surface area contributed by atoms with Crippen LogP contribution in [0.4, 0.5) is 5.69 Å². The molecule has 0 aliphatic carbocycles. The van der Waals surface area contributed by atoms with E-state index in [1.54, 1.807) is 12.1 Å². The van der Waals surface area contributed by atoms with E-state index in [0.29, 0.717) is 12.5 Å². The Morgan fingerprint density at radius 2 is 2.14 bits per heavy atom. The molecule has 2 aromatic rings. The highest BCUT2D eigenvalue weighted by atomic mass is 32.2. The maximum atomic E-state index is 11.1. The van der Waals surface area contributed by atoms with Crippen molar-refractivity contribution in [2.75, 3.05) is 13.6 Å². The van der Waals surface area contributed by atoms with Crippen molar-refractivity contribution < 1.29 is 4.92 Å². The number of hydrogen-bond donors (Lipinski definition) is 2. The first-order chi connectivity index (χ1) is 13.5. The predicted molar refractivity (Wildman–Crippen MR) is 111 cm³/mol. The first kappa shape index (κ1) is 20.2. The molecule has 0 amide bonds. The fourth-order valence-electron chi connectivity index (χ4n) is 3.27. The first-order valence-corrected chi connectivity index (χ1v) is 10.1. The van der Waals surface area contributed by atoms with Crippen molar-refractivity contribution in [3.8, 4) is 0 Å². The minimum absolute atomic E-state index is 0.0885. The van der Waals surface area contributed by atoms with Crippen molar-refractivity contribution in [2.24, 2.45) is 5.92 Å². The van der Waals surface area contributed by atoms with Crippen molar-refractivity contribution >= 4 is 17.4 Å². The van der Waals surface area contributed by atoms with Gasteiger partial charge in [0.15, 0.2) is 0 Å². The number of nitrogens with zero attached hydrogens (tertiary/aromatic N) is 3. The van der Waals surface area contributed by atoms with Crippen molar-refractivity contribution in [1.29, 1.82) is 0 Å². The summed E-state index contributed by atoms with van der Waals surface area (Å²) in [5.74, 6) is 0.291. The highest BCUT2D eigenvalue weighted by molar-refractivity contribution is 8.03. The predicted octanol–water partition coefficient (Wildman–Crippen LogP) is 3.56. The van der Waals surface area contributed by atoms with Gasteiger partial charge in [-0.25, -0.2) is 0 Å². The van der Waals surface area contributed by atoms with Gasteiger partial charge in [0, 0.05) is 35.5 Å². The molecule has 1 atom stereocenters. The van der Waals surface area contributed by atoms with Gasteiger partial charge >= 0.3 is 0 Å². The highest BCUT2D eigenvalue weighted by Crippen LogP contribution is 2.38. The van der Waals surface area contributed by atoms with Crippen LogP contribution in [0.1, 0.15) is 19.5 Å². The van der Waals surface area contributed by atoms with Gasteiger partial charge in [-0.2, -0.15) is 0 Å². The molecule has 8 heteroatoms. The maximum Gasteiger partial charge on any atom is 0.270 e. The van der Waals surface area contributed by atoms with E-state index in [0.717, 1.165) is 22.2 Å². The molecule has 0 spiro atoms. The average Bonchev–Trinajstić information content (AvgIpc) is 3.00. The number of aromatic nitrogens is 1. The standard InChI is InChI=1S/C20H25N5O2S/c1-14(2)19-20(28-17-9-6-8-16(11-17)25(26)27)23-18(12-21-3)24(19)13-15-7-4-5-10-22-15/h4-11,14,18,21,23H,12-13H2,1-3H3. The minimum Gasteiger partial charge on any atom is -0.357 e. The summed E-state index contributed by atoms with van der Waals surface area (Å²) < 4.78 is 0. The van der Waals surface area contributed by atoms with Crippen LogP contribution >= 0.6 is 11.8 Å². The fraction of sp³-hybridized carbons (Fsp3) is 0.350. The molecule has 0 radical (unpaired) electrons. The lowest BCUT2D eigenvalue weighted by atomic mass is 10.1. The summed E-state index contributed by atoms with van der Waals surface area (Å²) in [5, 5.41) is 19.0. The summed E-state index contributed by atoms with van der Waals surface area (Å²) in [5.41, 5.74) is 2.30. The molecule has 1 aromatic carbocycles. The Balaban J connectivity index is 1.92. The Morgan fingerprint density at radius 3 is 2.79 bits per heavy atom. The smallest absolute Gasteiger partial charge is 0.270 e. The summed E-state index contributed by atoms with van der Waals surface area (Å²) in [6.45, 7) is 5.80. The van der Waals surface area contributed by atoms with E-state index in [-0.39, 0.29) is 16.8 Å². The second-order valence-electron chi connectivity index (χ2n) is 6.89. The molecule has 1 aromatic heterocycles. The Bertz CT molecular complexity index is 857. The number of non-ortho nitro benzene ring substituents is 1. The molecule has 1 aliphatic rings. The van der Waals surface area contributed by atoms with Gasteiger partial charge in [0.1, 0.15) is 6.17 Å². The van der Waals surface area contributed by atoms with Crippen molar-refractivity contribution in [1.82, 2.24) is 20.5 Å². The number of nitrogens with one attached hydrogen (secondary N) is 2. The number of allylic oxidation sites excluding steroid dienone is 1. The zero-order valence-corrected chi connectivity index (χ0v) is 17.1. The van der Waals surface area contributed by atoms with Crippen LogP contribution in [0.5, 0.6) is 0 Å². The second-order valence-corrected chi connectivity index (χ2v) is 7.98. The SMILES string of the molecule is CNCC1NC(Sc2cccc([N+](=O)[O-])c2)=C(C(C)C)N1Cc1ccccn1. The van der Waals surface area contributed by atoms with E-state index in [9.17, 15) is 10.1 Å². The number of likely N-dealkylation sites (N-methyl/N-ethyl adjacent to an activating group) is 1. The molecule has 148 valence electrons. The second kappa shape index (κ2) is 9.07. The molecule has 1 unspecified atom stereocenters. The van der Waals surface area contributed by atoms with Crippen molar-refractivity contribution in [3.63, 3.8) is 0 Å². The third-order valence-electron chi connectivity index (χ3n) is 4.47. The summed E-state index contributed by atoms with van der Waals surface area (Å²) in [7, 11) is 1.93. The highest BCUT2D eigenvalue weighted by Gasteiger charge is 2.33. The van der Waals surface area contributed by atoms with Crippen LogP contribution in [0, 0.1) is 16.0 Å². The van der Waals surface area contributed by atoms with E-state index in [1.807, 2.05) is 37.5 Å². The molecule has 0 saturated heterocycles. The zero-order chi connectivity index (χ0) is 20.1. The summed E-state index contributed by atoms with van der Waals surface area (Å²) in [6.07, 6.45) is 1.90. The number of thioether (sulfide) groups is 1.